The average molecular weight is 472 g/mol. The maximum absolute atomic E-state index is 13.4. The monoisotopic (exact) mass is 471 g/mol. The number of benzene rings is 2. The summed E-state index contributed by atoms with van der Waals surface area (Å²) >= 11 is 0. The van der Waals surface area contributed by atoms with Crippen LogP contribution in [0.25, 0.3) is 0 Å². The van der Waals surface area contributed by atoms with Gasteiger partial charge in [-0.2, -0.15) is 0 Å². The van der Waals surface area contributed by atoms with Gasteiger partial charge in [-0.25, -0.2) is 8.42 Å². The summed E-state index contributed by atoms with van der Waals surface area (Å²) in [6.45, 7) is 1.66. The molecule has 1 N–H and O–H groups in total. The Morgan fingerprint density at radius 1 is 1.00 bits per heavy atom. The summed E-state index contributed by atoms with van der Waals surface area (Å²) in [7, 11) is -3.69. The molecule has 2 amide bonds. The number of nitrogens with zero attached hydrogens (tertiary/aromatic N) is 2. The van der Waals surface area contributed by atoms with Crippen LogP contribution < -0.4 is 9.62 Å². The van der Waals surface area contributed by atoms with Crippen LogP contribution in [0.3, 0.4) is 0 Å². The molecule has 3 rings (SSSR count). The lowest BCUT2D eigenvalue weighted by Gasteiger charge is -2.32. The summed E-state index contributed by atoms with van der Waals surface area (Å²) in [5.41, 5.74) is 1.46. The van der Waals surface area contributed by atoms with Crippen LogP contribution in [0, 0.1) is 0 Å². The van der Waals surface area contributed by atoms with Gasteiger partial charge in [-0.3, -0.25) is 13.9 Å². The predicted octanol–water partition coefficient (Wildman–Crippen LogP) is 2.97. The zero-order valence-electron chi connectivity index (χ0n) is 19.3. The molecule has 7 nitrogen and oxygen atoms in total. The van der Waals surface area contributed by atoms with E-state index in [1.165, 1.54) is 4.90 Å². The van der Waals surface area contributed by atoms with E-state index >= 15 is 0 Å². The molecule has 33 heavy (non-hydrogen) atoms. The number of hydrogen-bond donors (Lipinski definition) is 1. The Hall–Kier alpha value is -2.87. The molecule has 8 heteroatoms. The van der Waals surface area contributed by atoms with Gasteiger partial charge in [-0.15, -0.1) is 0 Å². The number of anilines is 1. The molecule has 1 saturated carbocycles. The van der Waals surface area contributed by atoms with Gasteiger partial charge in [0.1, 0.15) is 12.6 Å². The molecule has 1 fully saturated rings. The van der Waals surface area contributed by atoms with Crippen LogP contribution in [-0.2, 0) is 26.0 Å². The molecule has 0 aromatic heterocycles. The normalized spacial score (nSPS) is 15.1. The fraction of sp³-hybridized carbons (Fsp3) is 0.440. The summed E-state index contributed by atoms with van der Waals surface area (Å²) < 4.78 is 26.0. The second-order valence-electron chi connectivity index (χ2n) is 8.59. The standard InChI is InChI=1S/C25H33N3O4S/c1-20(25(30)26-22-13-9-10-14-22)27(18-17-21-11-5-3-6-12-21)24(29)19-28(33(2,31)32)23-15-7-4-8-16-23/h3-8,11-12,15-16,20,22H,9-10,13-14,17-19H2,1-2H3,(H,26,30)/t20-/m1/s1. The van der Waals surface area contributed by atoms with Gasteiger partial charge < -0.3 is 10.2 Å². The molecule has 1 aliphatic rings. The van der Waals surface area contributed by atoms with Gasteiger partial charge in [0.2, 0.25) is 21.8 Å². The van der Waals surface area contributed by atoms with Crippen molar-refractivity contribution in [2.24, 2.45) is 0 Å². The highest BCUT2D eigenvalue weighted by atomic mass is 32.2. The van der Waals surface area contributed by atoms with Gasteiger partial charge in [0.15, 0.2) is 0 Å². The van der Waals surface area contributed by atoms with Crippen LogP contribution in [0.4, 0.5) is 5.69 Å². The van der Waals surface area contributed by atoms with Gasteiger partial charge in [-0.1, -0.05) is 61.4 Å². The first-order valence-electron chi connectivity index (χ1n) is 11.4. The first kappa shape index (κ1) is 24.8. The van der Waals surface area contributed by atoms with Gasteiger partial charge >= 0.3 is 0 Å². The van der Waals surface area contributed by atoms with E-state index in [0.717, 1.165) is 41.8 Å². The molecule has 1 aliphatic carbocycles. The maximum Gasteiger partial charge on any atom is 0.244 e. The largest absolute Gasteiger partial charge is 0.352 e. The minimum absolute atomic E-state index is 0.142. The molecular weight excluding hydrogens is 438 g/mol. The minimum atomic E-state index is -3.69. The van der Waals surface area contributed by atoms with Crippen molar-refractivity contribution in [3.05, 3.63) is 66.2 Å². The van der Waals surface area contributed by atoms with Crippen molar-refractivity contribution in [1.82, 2.24) is 10.2 Å². The topological polar surface area (TPSA) is 86.8 Å². The number of para-hydroxylation sites is 1. The third-order valence-electron chi connectivity index (χ3n) is 6.08. The van der Waals surface area contributed by atoms with Crippen molar-refractivity contribution < 1.29 is 18.0 Å². The number of rotatable bonds is 10. The van der Waals surface area contributed by atoms with Crippen molar-refractivity contribution in [2.45, 2.75) is 51.1 Å². The summed E-state index contributed by atoms with van der Waals surface area (Å²) in [5, 5.41) is 3.06. The van der Waals surface area contributed by atoms with Crippen molar-refractivity contribution in [3.8, 4) is 0 Å². The second-order valence-corrected chi connectivity index (χ2v) is 10.5. The SMILES string of the molecule is C[C@H](C(=O)NC1CCCC1)N(CCc1ccccc1)C(=O)CN(c1ccccc1)S(C)(=O)=O. The number of carbonyl (C=O) groups excluding carboxylic acids is 2. The zero-order chi connectivity index (χ0) is 23.8. The van der Waals surface area contributed by atoms with E-state index in [4.69, 9.17) is 0 Å². The van der Waals surface area contributed by atoms with Gasteiger partial charge in [0, 0.05) is 12.6 Å². The third-order valence-corrected chi connectivity index (χ3v) is 7.22. The first-order chi connectivity index (χ1) is 15.8. The Bertz CT molecular complexity index is 1020. The lowest BCUT2D eigenvalue weighted by Crippen LogP contribution is -2.53. The summed E-state index contributed by atoms with van der Waals surface area (Å²) in [6, 6.07) is 17.7. The van der Waals surface area contributed by atoms with E-state index in [1.807, 2.05) is 30.3 Å². The van der Waals surface area contributed by atoms with Crippen LogP contribution in [-0.4, -0.2) is 56.6 Å². The van der Waals surface area contributed by atoms with Crippen molar-refractivity contribution >= 4 is 27.5 Å². The molecule has 0 aliphatic heterocycles. The fourth-order valence-corrected chi connectivity index (χ4v) is 5.02. The zero-order valence-corrected chi connectivity index (χ0v) is 20.1. The lowest BCUT2D eigenvalue weighted by atomic mass is 10.1. The first-order valence-corrected chi connectivity index (χ1v) is 13.3. The molecule has 2 aromatic carbocycles. The fourth-order valence-electron chi connectivity index (χ4n) is 4.17. The number of nitrogens with one attached hydrogen (secondary N) is 1. The van der Waals surface area contributed by atoms with E-state index in [1.54, 1.807) is 37.3 Å². The van der Waals surface area contributed by atoms with E-state index in [2.05, 4.69) is 5.32 Å². The number of sulfonamides is 1. The van der Waals surface area contributed by atoms with E-state index in [-0.39, 0.29) is 18.5 Å². The Balaban J connectivity index is 1.79. The molecular formula is C25H33N3O4S. The Morgan fingerprint density at radius 3 is 2.15 bits per heavy atom. The second kappa shape index (κ2) is 11.3. The molecule has 0 spiro atoms. The highest BCUT2D eigenvalue weighted by Gasteiger charge is 2.31. The van der Waals surface area contributed by atoms with Gasteiger partial charge in [-0.05, 0) is 43.9 Å². The molecule has 178 valence electrons. The molecule has 0 saturated heterocycles. The molecule has 0 heterocycles. The summed E-state index contributed by atoms with van der Waals surface area (Å²) in [4.78, 5) is 27.9. The van der Waals surface area contributed by atoms with Crippen molar-refractivity contribution in [3.63, 3.8) is 0 Å². The van der Waals surface area contributed by atoms with Crippen LogP contribution in [0.15, 0.2) is 60.7 Å². The molecule has 2 aromatic rings. The molecule has 1 atom stereocenters. The quantitative estimate of drug-likeness (QED) is 0.577. The van der Waals surface area contributed by atoms with Crippen LogP contribution in [0.5, 0.6) is 0 Å². The Labute approximate surface area is 196 Å². The van der Waals surface area contributed by atoms with E-state index < -0.39 is 22.0 Å². The molecule has 0 unspecified atom stereocenters. The highest BCUT2D eigenvalue weighted by Crippen LogP contribution is 2.19. The molecule has 0 radical (unpaired) electrons. The van der Waals surface area contributed by atoms with Crippen LogP contribution >= 0.6 is 0 Å². The lowest BCUT2D eigenvalue weighted by molar-refractivity contribution is -0.139. The van der Waals surface area contributed by atoms with Crippen molar-refractivity contribution in [2.75, 3.05) is 23.7 Å². The summed E-state index contributed by atoms with van der Waals surface area (Å²) in [5.74, 6) is -0.608. The third kappa shape index (κ3) is 7.05. The van der Waals surface area contributed by atoms with E-state index in [9.17, 15) is 18.0 Å². The number of amides is 2. The average Bonchev–Trinajstić information content (AvgIpc) is 3.31. The number of hydrogen-bond acceptors (Lipinski definition) is 4. The van der Waals surface area contributed by atoms with E-state index in [0.29, 0.717) is 18.7 Å². The van der Waals surface area contributed by atoms with Crippen LogP contribution in [0.2, 0.25) is 0 Å². The van der Waals surface area contributed by atoms with Crippen molar-refractivity contribution in [1.29, 1.82) is 0 Å². The van der Waals surface area contributed by atoms with Gasteiger partial charge in [0.05, 0.1) is 11.9 Å². The predicted molar refractivity (Wildman–Crippen MR) is 130 cm³/mol. The minimum Gasteiger partial charge on any atom is -0.352 e. The summed E-state index contributed by atoms with van der Waals surface area (Å²) in [6.07, 6.45) is 5.74. The Morgan fingerprint density at radius 2 is 1.58 bits per heavy atom. The smallest absolute Gasteiger partial charge is 0.244 e. The highest BCUT2D eigenvalue weighted by molar-refractivity contribution is 7.92. The number of carbonyl (C=O) groups is 2. The van der Waals surface area contributed by atoms with Gasteiger partial charge in [0.25, 0.3) is 0 Å². The molecule has 0 bridgehead atoms. The maximum atomic E-state index is 13.4. The van der Waals surface area contributed by atoms with Crippen LogP contribution in [0.1, 0.15) is 38.2 Å². The Kier molecular flexibility index (Phi) is 8.49.